The van der Waals surface area contributed by atoms with Crippen LogP contribution in [0.5, 0.6) is 0 Å². The normalized spacial score (nSPS) is 10.9. The van der Waals surface area contributed by atoms with Crippen molar-refractivity contribution in [1.29, 1.82) is 0 Å². The van der Waals surface area contributed by atoms with Crippen LogP contribution in [0.15, 0.2) is 48.5 Å². The summed E-state index contributed by atoms with van der Waals surface area (Å²) in [6.07, 6.45) is 0.237. The molecule has 0 fully saturated rings. The second-order valence-corrected chi connectivity index (χ2v) is 5.83. The lowest BCUT2D eigenvalue weighted by atomic mass is 10.0. The van der Waals surface area contributed by atoms with E-state index in [1.54, 1.807) is 0 Å². The van der Waals surface area contributed by atoms with Gasteiger partial charge in [0.15, 0.2) is 0 Å². The number of esters is 1. The van der Waals surface area contributed by atoms with Crippen molar-refractivity contribution >= 4 is 28.5 Å². The number of aryl methyl sites for hydroxylation is 1. The first-order valence-electron chi connectivity index (χ1n) is 7.59. The minimum Gasteiger partial charge on any atom is -0.466 e. The van der Waals surface area contributed by atoms with Gasteiger partial charge in [-0.25, -0.2) is 0 Å². The SMILES string of the molecule is CCOC(=O)Cc1c(-c2ccccc2)c2cc(Cl)ccc2n1C. The zero-order valence-corrected chi connectivity index (χ0v) is 13.9. The number of nitrogens with zero attached hydrogens (tertiary/aromatic N) is 1. The molecule has 3 rings (SSSR count). The molecule has 0 saturated carbocycles. The van der Waals surface area contributed by atoms with Crippen molar-refractivity contribution < 1.29 is 9.53 Å². The van der Waals surface area contributed by atoms with Gasteiger partial charge in [0.1, 0.15) is 0 Å². The molecule has 0 N–H and O–H groups in total. The molecule has 0 radical (unpaired) electrons. The van der Waals surface area contributed by atoms with E-state index in [-0.39, 0.29) is 12.4 Å². The summed E-state index contributed by atoms with van der Waals surface area (Å²) < 4.78 is 7.18. The summed E-state index contributed by atoms with van der Waals surface area (Å²) in [7, 11) is 1.97. The largest absolute Gasteiger partial charge is 0.466 e. The van der Waals surface area contributed by atoms with Gasteiger partial charge < -0.3 is 9.30 Å². The number of ether oxygens (including phenoxy) is 1. The molecule has 118 valence electrons. The van der Waals surface area contributed by atoms with Gasteiger partial charge in [-0.1, -0.05) is 41.9 Å². The second-order valence-electron chi connectivity index (χ2n) is 5.39. The van der Waals surface area contributed by atoms with Gasteiger partial charge in [0, 0.05) is 34.2 Å². The second kappa shape index (κ2) is 6.47. The van der Waals surface area contributed by atoms with E-state index >= 15 is 0 Å². The van der Waals surface area contributed by atoms with Crippen molar-refractivity contribution in [1.82, 2.24) is 4.57 Å². The molecule has 0 spiro atoms. The highest BCUT2D eigenvalue weighted by atomic mass is 35.5. The van der Waals surface area contributed by atoms with E-state index in [0.29, 0.717) is 11.6 Å². The molecule has 23 heavy (non-hydrogen) atoms. The molecule has 0 aliphatic carbocycles. The van der Waals surface area contributed by atoms with E-state index in [1.165, 1.54) is 0 Å². The van der Waals surface area contributed by atoms with Crippen molar-refractivity contribution in [2.45, 2.75) is 13.3 Å². The molecule has 3 nitrogen and oxygen atoms in total. The molecule has 3 aromatic rings. The van der Waals surface area contributed by atoms with E-state index in [9.17, 15) is 4.79 Å². The third-order valence-electron chi connectivity index (χ3n) is 3.96. The molecule has 0 saturated heterocycles. The molecule has 0 amide bonds. The number of hydrogen-bond acceptors (Lipinski definition) is 2. The number of hydrogen-bond donors (Lipinski definition) is 0. The Morgan fingerprint density at radius 1 is 1.17 bits per heavy atom. The third-order valence-corrected chi connectivity index (χ3v) is 4.20. The number of carbonyl (C=O) groups is 1. The van der Waals surface area contributed by atoms with Gasteiger partial charge in [-0.2, -0.15) is 0 Å². The van der Waals surface area contributed by atoms with E-state index in [1.807, 2.05) is 67.1 Å². The van der Waals surface area contributed by atoms with Gasteiger partial charge in [-0.3, -0.25) is 4.79 Å². The fraction of sp³-hybridized carbons (Fsp3) is 0.211. The lowest BCUT2D eigenvalue weighted by Gasteiger charge is -2.08. The van der Waals surface area contributed by atoms with Crippen molar-refractivity contribution in [2.24, 2.45) is 7.05 Å². The zero-order chi connectivity index (χ0) is 16.4. The lowest BCUT2D eigenvalue weighted by Crippen LogP contribution is -2.11. The summed E-state index contributed by atoms with van der Waals surface area (Å²) >= 11 is 6.19. The van der Waals surface area contributed by atoms with E-state index < -0.39 is 0 Å². The molecule has 0 atom stereocenters. The van der Waals surface area contributed by atoms with Gasteiger partial charge >= 0.3 is 5.97 Å². The zero-order valence-electron chi connectivity index (χ0n) is 13.2. The summed E-state index contributed by atoms with van der Waals surface area (Å²) in [5, 5.41) is 1.73. The van der Waals surface area contributed by atoms with Crippen molar-refractivity contribution in [3.63, 3.8) is 0 Å². The smallest absolute Gasteiger partial charge is 0.311 e. The molecule has 0 aliphatic heterocycles. The van der Waals surface area contributed by atoms with Crippen LogP contribution in [0.25, 0.3) is 22.0 Å². The fourth-order valence-electron chi connectivity index (χ4n) is 2.95. The lowest BCUT2D eigenvalue weighted by molar-refractivity contribution is -0.142. The number of benzene rings is 2. The van der Waals surface area contributed by atoms with Gasteiger partial charge in [-0.15, -0.1) is 0 Å². The maximum Gasteiger partial charge on any atom is 0.311 e. The predicted molar refractivity (Wildman–Crippen MR) is 93.7 cm³/mol. The highest BCUT2D eigenvalue weighted by molar-refractivity contribution is 6.31. The molecular formula is C19H18ClNO2. The standard InChI is InChI=1S/C19H18ClNO2/c1-3-23-18(22)12-17-19(13-7-5-4-6-8-13)15-11-14(20)9-10-16(15)21(17)2/h4-11H,3,12H2,1-2H3. The quantitative estimate of drug-likeness (QED) is 0.655. The molecular weight excluding hydrogens is 310 g/mol. The average Bonchev–Trinajstić information content (AvgIpc) is 2.80. The molecule has 1 aromatic heterocycles. The summed E-state index contributed by atoms with van der Waals surface area (Å²) in [5.74, 6) is -0.221. The van der Waals surface area contributed by atoms with Gasteiger partial charge in [0.05, 0.1) is 13.0 Å². The van der Waals surface area contributed by atoms with Crippen molar-refractivity contribution in [2.75, 3.05) is 6.61 Å². The van der Waals surface area contributed by atoms with Crippen LogP contribution in [0.1, 0.15) is 12.6 Å². The molecule has 2 aromatic carbocycles. The molecule has 0 aliphatic rings. The summed E-state index contributed by atoms with van der Waals surface area (Å²) in [6, 6.07) is 15.9. The minimum atomic E-state index is -0.221. The summed E-state index contributed by atoms with van der Waals surface area (Å²) in [5.41, 5.74) is 4.10. The first kappa shape index (κ1) is 15.6. The predicted octanol–water partition coefficient (Wildman–Crippen LogP) is 4.60. The Labute approximate surface area is 140 Å². The fourth-order valence-corrected chi connectivity index (χ4v) is 3.12. The van der Waals surface area contributed by atoms with E-state index in [0.717, 1.165) is 27.7 Å². The number of halogens is 1. The van der Waals surface area contributed by atoms with Gasteiger partial charge in [0.2, 0.25) is 0 Å². The summed E-state index contributed by atoms with van der Waals surface area (Å²) in [4.78, 5) is 12.0. The Morgan fingerprint density at radius 3 is 2.61 bits per heavy atom. The Bertz CT molecular complexity index is 853. The number of rotatable bonds is 4. The van der Waals surface area contributed by atoms with Crippen LogP contribution in [0.4, 0.5) is 0 Å². The third kappa shape index (κ3) is 2.97. The average molecular weight is 328 g/mol. The first-order valence-corrected chi connectivity index (χ1v) is 7.97. The van der Waals surface area contributed by atoms with Gasteiger partial charge in [-0.05, 0) is 30.7 Å². The molecule has 1 heterocycles. The van der Waals surface area contributed by atoms with Crippen LogP contribution in [0.3, 0.4) is 0 Å². The summed E-state index contributed by atoms with van der Waals surface area (Å²) in [6.45, 7) is 2.20. The molecule has 0 bridgehead atoms. The molecule has 0 unspecified atom stereocenters. The Hall–Kier alpha value is -2.26. The highest BCUT2D eigenvalue weighted by Gasteiger charge is 2.19. The Balaban J connectivity index is 2.24. The number of carbonyl (C=O) groups excluding carboxylic acids is 1. The molecule has 4 heteroatoms. The Morgan fingerprint density at radius 2 is 1.91 bits per heavy atom. The maximum absolute atomic E-state index is 12.0. The number of aromatic nitrogens is 1. The van der Waals surface area contributed by atoms with Crippen LogP contribution < -0.4 is 0 Å². The monoisotopic (exact) mass is 327 g/mol. The highest BCUT2D eigenvalue weighted by Crippen LogP contribution is 2.36. The van der Waals surface area contributed by atoms with E-state index in [4.69, 9.17) is 16.3 Å². The van der Waals surface area contributed by atoms with Crippen molar-refractivity contribution in [3.8, 4) is 11.1 Å². The van der Waals surface area contributed by atoms with Crippen LogP contribution in [-0.2, 0) is 23.0 Å². The van der Waals surface area contributed by atoms with Crippen LogP contribution >= 0.6 is 11.6 Å². The maximum atomic E-state index is 12.0. The van der Waals surface area contributed by atoms with Crippen LogP contribution in [0, 0.1) is 0 Å². The van der Waals surface area contributed by atoms with Crippen LogP contribution in [0.2, 0.25) is 5.02 Å². The number of fused-ring (bicyclic) bond motifs is 1. The minimum absolute atomic E-state index is 0.221. The first-order chi connectivity index (χ1) is 11.1. The van der Waals surface area contributed by atoms with E-state index in [2.05, 4.69) is 0 Å². The van der Waals surface area contributed by atoms with Gasteiger partial charge in [0.25, 0.3) is 0 Å². The van der Waals surface area contributed by atoms with Crippen LogP contribution in [-0.4, -0.2) is 17.1 Å². The topological polar surface area (TPSA) is 31.2 Å². The Kier molecular flexibility index (Phi) is 4.39. The van der Waals surface area contributed by atoms with Crippen molar-refractivity contribution in [3.05, 3.63) is 59.2 Å².